The number of aromatic nitrogens is 2. The summed E-state index contributed by atoms with van der Waals surface area (Å²) in [6.45, 7) is 6.28. The Hall–Kier alpha value is -2.87. The van der Waals surface area contributed by atoms with Crippen LogP contribution in [0.4, 0.5) is 11.4 Å². The fraction of sp³-hybridized carbons (Fsp3) is 0.542. The van der Waals surface area contributed by atoms with E-state index in [9.17, 15) is 4.79 Å². The van der Waals surface area contributed by atoms with Crippen molar-refractivity contribution in [2.75, 3.05) is 50.6 Å². The third-order valence-corrected chi connectivity index (χ3v) is 6.86. The van der Waals surface area contributed by atoms with Crippen LogP contribution in [-0.2, 0) is 0 Å². The number of hydrogen-bond donors (Lipinski definition) is 4. The molecule has 2 aromatic rings. The van der Waals surface area contributed by atoms with E-state index in [1.807, 2.05) is 13.0 Å². The van der Waals surface area contributed by atoms with E-state index in [1.54, 1.807) is 14.2 Å². The Morgan fingerprint density at radius 3 is 2.78 bits per heavy atom. The summed E-state index contributed by atoms with van der Waals surface area (Å²) in [5.41, 5.74) is 3.05. The van der Waals surface area contributed by atoms with Crippen molar-refractivity contribution in [2.45, 2.75) is 39.0 Å². The molecule has 32 heavy (non-hydrogen) atoms. The number of rotatable bonds is 7. The minimum Gasteiger partial charge on any atom is -0.496 e. The van der Waals surface area contributed by atoms with Crippen molar-refractivity contribution in [2.24, 2.45) is 5.41 Å². The molecule has 4 rings (SSSR count). The van der Waals surface area contributed by atoms with Crippen molar-refractivity contribution < 1.29 is 4.74 Å². The quantitative estimate of drug-likeness (QED) is 0.495. The van der Waals surface area contributed by atoms with Gasteiger partial charge in [0.1, 0.15) is 23.0 Å². The molecule has 0 amide bonds. The molecule has 0 bridgehead atoms. The zero-order chi connectivity index (χ0) is 22.7. The van der Waals surface area contributed by atoms with E-state index in [4.69, 9.17) is 15.1 Å². The Labute approximate surface area is 189 Å². The Morgan fingerprint density at radius 1 is 1.31 bits per heavy atom. The molecule has 1 spiro atoms. The molecular weight excluding hydrogens is 404 g/mol. The van der Waals surface area contributed by atoms with Crippen molar-refractivity contribution in [3.8, 4) is 17.1 Å². The van der Waals surface area contributed by atoms with Crippen LogP contribution in [-0.4, -0.2) is 56.0 Å². The number of aromatic amines is 1. The molecule has 172 valence electrons. The van der Waals surface area contributed by atoms with E-state index in [1.165, 1.54) is 19.3 Å². The first-order chi connectivity index (χ1) is 15.5. The standard InChI is InChI=1S/C24H34N6O2/c1-4-5-18(25)20-21(26-2)23(31)29-22(28-20)17-14-16(6-7-19(17)32-3)30-13-10-24(15-30)8-11-27-12-9-24/h6-7,14,25-27H,4-5,8-13,15H2,1-3H3,(H,28,29,31). The van der Waals surface area contributed by atoms with Gasteiger partial charge < -0.3 is 30.7 Å². The van der Waals surface area contributed by atoms with Crippen LogP contribution in [0.5, 0.6) is 5.75 Å². The van der Waals surface area contributed by atoms with Crippen molar-refractivity contribution >= 4 is 17.1 Å². The number of hydrogen-bond acceptors (Lipinski definition) is 7. The van der Waals surface area contributed by atoms with Crippen LogP contribution in [0.25, 0.3) is 11.4 Å². The minimum atomic E-state index is -0.282. The number of methoxy groups -OCH3 is 1. The summed E-state index contributed by atoms with van der Waals surface area (Å²) in [5, 5.41) is 14.8. The van der Waals surface area contributed by atoms with Crippen LogP contribution in [0.1, 0.15) is 44.7 Å². The van der Waals surface area contributed by atoms with Gasteiger partial charge in [-0.1, -0.05) is 13.3 Å². The van der Waals surface area contributed by atoms with Crippen molar-refractivity contribution in [3.05, 3.63) is 34.2 Å². The molecule has 0 aliphatic carbocycles. The maximum Gasteiger partial charge on any atom is 0.275 e. The summed E-state index contributed by atoms with van der Waals surface area (Å²) >= 11 is 0. The molecule has 0 saturated carbocycles. The lowest BCUT2D eigenvalue weighted by atomic mass is 9.78. The summed E-state index contributed by atoms with van der Waals surface area (Å²) in [4.78, 5) is 22.8. The van der Waals surface area contributed by atoms with Crippen LogP contribution in [0.2, 0.25) is 0 Å². The van der Waals surface area contributed by atoms with Crippen LogP contribution >= 0.6 is 0 Å². The Morgan fingerprint density at radius 2 is 2.09 bits per heavy atom. The van der Waals surface area contributed by atoms with Gasteiger partial charge in [-0.15, -0.1) is 0 Å². The van der Waals surface area contributed by atoms with E-state index < -0.39 is 0 Å². The number of nitrogens with one attached hydrogen (secondary N) is 4. The average molecular weight is 439 g/mol. The highest BCUT2D eigenvalue weighted by molar-refractivity contribution is 6.01. The summed E-state index contributed by atoms with van der Waals surface area (Å²) in [6.07, 6.45) is 5.02. The Bertz CT molecular complexity index is 1040. The summed E-state index contributed by atoms with van der Waals surface area (Å²) in [5.74, 6) is 1.08. The number of benzene rings is 1. The molecule has 3 heterocycles. The van der Waals surface area contributed by atoms with Gasteiger partial charge in [0.2, 0.25) is 0 Å². The molecule has 8 heteroatoms. The highest BCUT2D eigenvalue weighted by Gasteiger charge is 2.39. The maximum atomic E-state index is 12.8. The number of piperidine rings is 1. The summed E-state index contributed by atoms with van der Waals surface area (Å²) < 4.78 is 5.61. The summed E-state index contributed by atoms with van der Waals surface area (Å²) in [7, 11) is 3.30. The molecule has 0 atom stereocenters. The molecular formula is C24H34N6O2. The molecule has 4 N–H and O–H groups in total. The number of H-pyrrole nitrogens is 1. The molecule has 8 nitrogen and oxygen atoms in total. The fourth-order valence-electron chi connectivity index (χ4n) is 5.02. The van der Waals surface area contributed by atoms with E-state index >= 15 is 0 Å². The van der Waals surface area contributed by atoms with Gasteiger partial charge in [-0.2, -0.15) is 0 Å². The van der Waals surface area contributed by atoms with Crippen LogP contribution in [0.3, 0.4) is 0 Å². The Balaban J connectivity index is 1.72. The predicted molar refractivity (Wildman–Crippen MR) is 129 cm³/mol. The smallest absolute Gasteiger partial charge is 0.275 e. The van der Waals surface area contributed by atoms with E-state index in [0.717, 1.165) is 43.9 Å². The van der Waals surface area contributed by atoms with E-state index in [0.29, 0.717) is 40.5 Å². The monoisotopic (exact) mass is 438 g/mol. The second kappa shape index (κ2) is 9.32. The third kappa shape index (κ3) is 4.24. The lowest BCUT2D eigenvalue weighted by Crippen LogP contribution is -2.38. The number of anilines is 2. The van der Waals surface area contributed by atoms with Crippen LogP contribution < -0.4 is 25.8 Å². The largest absolute Gasteiger partial charge is 0.496 e. The maximum absolute atomic E-state index is 12.8. The van der Waals surface area contributed by atoms with Gasteiger partial charge in [0, 0.05) is 25.8 Å². The van der Waals surface area contributed by atoms with Gasteiger partial charge in [-0.3, -0.25) is 4.79 Å². The number of ether oxygens (including phenoxy) is 1. The van der Waals surface area contributed by atoms with Crippen molar-refractivity contribution in [1.29, 1.82) is 5.41 Å². The first-order valence-corrected chi connectivity index (χ1v) is 11.5. The molecule has 1 aromatic heterocycles. The van der Waals surface area contributed by atoms with Gasteiger partial charge in [-0.05, 0) is 62.4 Å². The summed E-state index contributed by atoms with van der Waals surface area (Å²) in [6, 6.07) is 6.09. The lowest BCUT2D eigenvalue weighted by molar-refractivity contribution is 0.232. The molecule has 0 radical (unpaired) electrons. The second-order valence-electron chi connectivity index (χ2n) is 8.92. The zero-order valence-electron chi connectivity index (χ0n) is 19.3. The van der Waals surface area contributed by atoms with Crippen molar-refractivity contribution in [3.63, 3.8) is 0 Å². The highest BCUT2D eigenvalue weighted by Crippen LogP contribution is 2.42. The molecule has 2 aliphatic heterocycles. The van der Waals surface area contributed by atoms with Gasteiger partial charge in [-0.25, -0.2) is 4.98 Å². The van der Waals surface area contributed by atoms with Gasteiger partial charge in [0.05, 0.1) is 18.4 Å². The average Bonchev–Trinajstić information content (AvgIpc) is 3.21. The van der Waals surface area contributed by atoms with E-state index in [2.05, 4.69) is 32.7 Å². The van der Waals surface area contributed by atoms with E-state index in [-0.39, 0.29) is 5.56 Å². The van der Waals surface area contributed by atoms with Crippen LogP contribution in [0.15, 0.2) is 23.0 Å². The Kier molecular flexibility index (Phi) is 6.50. The van der Waals surface area contributed by atoms with Crippen molar-refractivity contribution in [1.82, 2.24) is 15.3 Å². The molecule has 0 unspecified atom stereocenters. The van der Waals surface area contributed by atoms with Gasteiger partial charge in [0.15, 0.2) is 0 Å². The predicted octanol–water partition coefficient (Wildman–Crippen LogP) is 3.24. The lowest BCUT2D eigenvalue weighted by Gasteiger charge is -2.34. The van der Waals surface area contributed by atoms with Gasteiger partial charge >= 0.3 is 0 Å². The normalized spacial score (nSPS) is 17.5. The van der Waals surface area contributed by atoms with Gasteiger partial charge in [0.25, 0.3) is 5.56 Å². The topological polar surface area (TPSA) is 106 Å². The minimum absolute atomic E-state index is 0.282. The molecule has 1 aromatic carbocycles. The SMILES string of the molecule is CCCC(=N)c1nc(-c2cc(N3CCC4(CCNCC4)C3)ccc2OC)[nH]c(=O)c1NC. The second-order valence-corrected chi connectivity index (χ2v) is 8.92. The van der Waals surface area contributed by atoms with Crippen LogP contribution in [0, 0.1) is 10.8 Å². The molecule has 2 saturated heterocycles. The highest BCUT2D eigenvalue weighted by atomic mass is 16.5. The first kappa shape index (κ1) is 22.3. The molecule has 2 aliphatic rings. The third-order valence-electron chi connectivity index (χ3n) is 6.86. The number of nitrogens with zero attached hydrogens (tertiary/aromatic N) is 2. The molecule has 2 fully saturated rings. The fourth-order valence-corrected chi connectivity index (χ4v) is 5.02. The first-order valence-electron chi connectivity index (χ1n) is 11.5. The zero-order valence-corrected chi connectivity index (χ0v) is 19.3.